The molecule has 3 atom stereocenters. The van der Waals surface area contributed by atoms with E-state index in [1.165, 1.54) is 11.3 Å². The van der Waals surface area contributed by atoms with Gasteiger partial charge in [-0.1, -0.05) is 12.1 Å². The van der Waals surface area contributed by atoms with E-state index in [2.05, 4.69) is 15.3 Å². The quantitative estimate of drug-likeness (QED) is 0.656. The maximum absolute atomic E-state index is 12.5. The number of amides is 2. The Bertz CT molecular complexity index is 928. The van der Waals surface area contributed by atoms with Crippen molar-refractivity contribution < 1.29 is 9.59 Å². The van der Waals surface area contributed by atoms with Gasteiger partial charge in [-0.3, -0.25) is 9.59 Å². The fraction of sp³-hybridized carbons (Fsp3) is 0.278. The summed E-state index contributed by atoms with van der Waals surface area (Å²) in [7, 11) is 0. The van der Waals surface area contributed by atoms with Crippen molar-refractivity contribution in [2.24, 2.45) is 11.7 Å². The van der Waals surface area contributed by atoms with E-state index >= 15 is 0 Å². The molecule has 0 saturated heterocycles. The molecule has 4 rings (SSSR count). The van der Waals surface area contributed by atoms with Crippen LogP contribution in [0.5, 0.6) is 0 Å². The highest BCUT2D eigenvalue weighted by Gasteiger charge is 2.46. The molecule has 2 heterocycles. The second kappa shape index (κ2) is 6.00. The van der Waals surface area contributed by atoms with Gasteiger partial charge in [0.2, 0.25) is 5.91 Å². The average Bonchev–Trinajstić information content (AvgIpc) is 3.05. The van der Waals surface area contributed by atoms with Crippen molar-refractivity contribution in [3.8, 4) is 0 Å². The normalized spacial score (nSPS) is 20.4. The van der Waals surface area contributed by atoms with Crippen LogP contribution in [0.4, 0.5) is 0 Å². The van der Waals surface area contributed by atoms with E-state index in [1.807, 2.05) is 37.3 Å². The Balaban J connectivity index is 1.41. The average molecular weight is 354 g/mol. The molecule has 1 aliphatic rings. The number of aromatic nitrogens is 2. The van der Waals surface area contributed by atoms with E-state index < -0.39 is 5.91 Å². The predicted octanol–water partition coefficient (Wildman–Crippen LogP) is 2.70. The van der Waals surface area contributed by atoms with Gasteiger partial charge in [-0.2, -0.15) is 0 Å². The van der Waals surface area contributed by atoms with Gasteiger partial charge in [-0.25, -0.2) is 4.98 Å². The number of nitrogens with two attached hydrogens (primary N) is 1. The van der Waals surface area contributed by atoms with Crippen LogP contribution in [0.3, 0.4) is 0 Å². The summed E-state index contributed by atoms with van der Waals surface area (Å²) in [4.78, 5) is 33.0. The van der Waals surface area contributed by atoms with Crippen LogP contribution in [0.25, 0.3) is 11.0 Å². The van der Waals surface area contributed by atoms with Crippen LogP contribution in [0.1, 0.15) is 45.7 Å². The second-order valence-corrected chi connectivity index (χ2v) is 7.50. The van der Waals surface area contributed by atoms with Crippen molar-refractivity contribution in [1.82, 2.24) is 15.3 Å². The molecule has 0 spiro atoms. The molecule has 0 radical (unpaired) electrons. The Labute approximate surface area is 148 Å². The molecule has 3 aromatic rings. The molecular formula is C18H18N4O2S. The van der Waals surface area contributed by atoms with Gasteiger partial charge >= 0.3 is 0 Å². The maximum Gasteiger partial charge on any atom is 0.258 e. The molecule has 1 fully saturated rings. The Morgan fingerprint density at radius 3 is 2.84 bits per heavy atom. The standard InChI is InChI=1S/C18H18N4O2S/c1-9(14-6-7-15(25-14)16(19)23)20-18(24)11-8-10(11)17-21-12-4-2-3-5-13(12)22-17/h2-7,9-11H,8H2,1H3,(H2,19,23)(H,20,24)(H,21,22)/t9-,10+,11+/m1/s1. The Morgan fingerprint density at radius 2 is 2.12 bits per heavy atom. The number of nitrogens with one attached hydrogen (secondary N) is 2. The van der Waals surface area contributed by atoms with Gasteiger partial charge in [0.25, 0.3) is 5.91 Å². The first-order valence-electron chi connectivity index (χ1n) is 8.17. The molecule has 2 aromatic heterocycles. The molecule has 0 unspecified atom stereocenters. The summed E-state index contributed by atoms with van der Waals surface area (Å²) >= 11 is 1.32. The third kappa shape index (κ3) is 3.02. The van der Waals surface area contributed by atoms with Gasteiger partial charge in [0.1, 0.15) is 5.82 Å². The number of carbonyl (C=O) groups excluding carboxylic acids is 2. The fourth-order valence-electron chi connectivity index (χ4n) is 3.04. The van der Waals surface area contributed by atoms with Crippen LogP contribution < -0.4 is 11.1 Å². The lowest BCUT2D eigenvalue weighted by molar-refractivity contribution is -0.123. The molecule has 0 aliphatic heterocycles. The summed E-state index contributed by atoms with van der Waals surface area (Å²) < 4.78 is 0. The number of rotatable bonds is 5. The zero-order valence-corrected chi connectivity index (χ0v) is 14.5. The topological polar surface area (TPSA) is 101 Å². The number of hydrogen-bond donors (Lipinski definition) is 3. The van der Waals surface area contributed by atoms with Crippen molar-refractivity contribution >= 4 is 34.2 Å². The van der Waals surface area contributed by atoms with Crippen LogP contribution in [0, 0.1) is 5.92 Å². The van der Waals surface area contributed by atoms with Crippen LogP contribution in [0.2, 0.25) is 0 Å². The first kappa shape index (κ1) is 15.8. The summed E-state index contributed by atoms with van der Waals surface area (Å²) in [5, 5.41) is 3.02. The summed E-state index contributed by atoms with van der Waals surface area (Å²) in [5.74, 6) is 0.540. The van der Waals surface area contributed by atoms with Crippen molar-refractivity contribution in [2.45, 2.75) is 25.3 Å². The number of carbonyl (C=O) groups is 2. The maximum atomic E-state index is 12.5. The van der Waals surface area contributed by atoms with E-state index in [9.17, 15) is 9.59 Å². The first-order valence-corrected chi connectivity index (χ1v) is 8.99. The predicted molar refractivity (Wildman–Crippen MR) is 96.3 cm³/mol. The van der Waals surface area contributed by atoms with E-state index in [4.69, 9.17) is 5.73 Å². The number of nitrogens with zero attached hydrogens (tertiary/aromatic N) is 1. The highest BCUT2D eigenvalue weighted by atomic mass is 32.1. The third-order valence-electron chi connectivity index (χ3n) is 4.54. The van der Waals surface area contributed by atoms with E-state index in [-0.39, 0.29) is 23.8 Å². The molecule has 6 nitrogen and oxygen atoms in total. The molecule has 4 N–H and O–H groups in total. The van der Waals surface area contributed by atoms with E-state index in [1.54, 1.807) is 6.07 Å². The minimum absolute atomic E-state index is 0.0204. The van der Waals surface area contributed by atoms with Crippen molar-refractivity contribution in [2.75, 3.05) is 0 Å². The van der Waals surface area contributed by atoms with Crippen LogP contribution in [-0.4, -0.2) is 21.8 Å². The van der Waals surface area contributed by atoms with Crippen molar-refractivity contribution in [1.29, 1.82) is 0 Å². The Morgan fingerprint density at radius 1 is 1.32 bits per heavy atom. The van der Waals surface area contributed by atoms with Gasteiger partial charge in [-0.05, 0) is 37.6 Å². The number of imidazole rings is 1. The molecule has 1 aromatic carbocycles. The summed E-state index contributed by atoms with van der Waals surface area (Å²) in [6.45, 7) is 1.91. The van der Waals surface area contributed by atoms with Gasteiger partial charge in [0, 0.05) is 16.7 Å². The zero-order chi connectivity index (χ0) is 17.6. The summed E-state index contributed by atoms with van der Waals surface area (Å²) in [6.07, 6.45) is 0.801. The minimum atomic E-state index is -0.443. The van der Waals surface area contributed by atoms with Crippen LogP contribution >= 0.6 is 11.3 Å². The zero-order valence-electron chi connectivity index (χ0n) is 13.7. The minimum Gasteiger partial charge on any atom is -0.365 e. The monoisotopic (exact) mass is 354 g/mol. The van der Waals surface area contributed by atoms with Crippen molar-refractivity contribution in [3.05, 3.63) is 52.0 Å². The van der Waals surface area contributed by atoms with Gasteiger partial charge in [0.15, 0.2) is 0 Å². The highest BCUT2D eigenvalue weighted by Crippen LogP contribution is 2.47. The third-order valence-corrected chi connectivity index (χ3v) is 5.82. The first-order chi connectivity index (χ1) is 12.0. The molecular weight excluding hydrogens is 336 g/mol. The second-order valence-electron chi connectivity index (χ2n) is 6.38. The van der Waals surface area contributed by atoms with Gasteiger partial charge in [0.05, 0.1) is 22.0 Å². The Hall–Kier alpha value is -2.67. The lowest BCUT2D eigenvalue weighted by Gasteiger charge is -2.11. The largest absolute Gasteiger partial charge is 0.365 e. The van der Waals surface area contributed by atoms with Crippen molar-refractivity contribution in [3.63, 3.8) is 0 Å². The van der Waals surface area contributed by atoms with Crippen LogP contribution in [0.15, 0.2) is 36.4 Å². The Kier molecular flexibility index (Phi) is 3.80. The molecule has 7 heteroatoms. The summed E-state index contributed by atoms with van der Waals surface area (Å²) in [6, 6.07) is 11.2. The van der Waals surface area contributed by atoms with E-state index in [0.29, 0.717) is 4.88 Å². The number of benzene rings is 1. The number of hydrogen-bond acceptors (Lipinski definition) is 4. The lowest BCUT2D eigenvalue weighted by atomic mass is 10.2. The number of thiophene rings is 1. The van der Waals surface area contributed by atoms with Gasteiger partial charge in [-0.15, -0.1) is 11.3 Å². The SMILES string of the molecule is C[C@@H](NC(=O)[C@H]1C[C@@H]1c1nc2ccccc2[nH]1)c1ccc(C(N)=O)s1. The number of para-hydroxylation sites is 2. The number of H-pyrrole nitrogens is 1. The molecule has 0 bridgehead atoms. The molecule has 128 valence electrons. The van der Waals surface area contributed by atoms with Gasteiger partial charge < -0.3 is 16.0 Å². The number of primary amides is 1. The smallest absolute Gasteiger partial charge is 0.258 e. The number of fused-ring (bicyclic) bond motifs is 1. The number of aromatic amines is 1. The summed E-state index contributed by atoms with van der Waals surface area (Å²) in [5.41, 5.74) is 7.20. The molecule has 1 aliphatic carbocycles. The fourth-order valence-corrected chi connectivity index (χ4v) is 3.91. The molecule has 1 saturated carbocycles. The lowest BCUT2D eigenvalue weighted by Crippen LogP contribution is -2.28. The van der Waals surface area contributed by atoms with E-state index in [0.717, 1.165) is 28.2 Å². The highest BCUT2D eigenvalue weighted by molar-refractivity contribution is 7.14. The molecule has 2 amide bonds. The molecule has 25 heavy (non-hydrogen) atoms. The van der Waals surface area contributed by atoms with Crippen LogP contribution in [-0.2, 0) is 4.79 Å².